The molecule has 2 aromatic rings. The van der Waals surface area contributed by atoms with Crippen molar-refractivity contribution in [2.24, 2.45) is 0 Å². The molecule has 0 spiro atoms. The maximum Gasteiger partial charge on any atom is 0.225 e. The van der Waals surface area contributed by atoms with Gasteiger partial charge in [-0.1, -0.05) is 17.7 Å². The molecule has 1 aromatic heterocycles. The van der Waals surface area contributed by atoms with Crippen LogP contribution in [0.25, 0.3) is 0 Å². The van der Waals surface area contributed by atoms with Crippen LogP contribution in [0.4, 0.5) is 11.6 Å². The molecule has 98 valence electrons. The normalized spacial score (nSPS) is 15.6. The van der Waals surface area contributed by atoms with E-state index in [0.29, 0.717) is 0 Å². The zero-order valence-corrected chi connectivity index (χ0v) is 11.2. The molecule has 0 aliphatic carbocycles. The van der Waals surface area contributed by atoms with Gasteiger partial charge >= 0.3 is 0 Å². The molecule has 0 saturated carbocycles. The number of hydrogen-bond donors (Lipinski definition) is 0. The van der Waals surface area contributed by atoms with Gasteiger partial charge < -0.3 is 9.80 Å². The Labute approximate surface area is 113 Å². The van der Waals surface area contributed by atoms with Crippen molar-refractivity contribution in [2.75, 3.05) is 36.0 Å². The van der Waals surface area contributed by atoms with Crippen molar-refractivity contribution in [3.05, 3.63) is 48.3 Å². The summed E-state index contributed by atoms with van der Waals surface area (Å²) in [6.45, 7) is 6.09. The molecule has 1 fully saturated rings. The summed E-state index contributed by atoms with van der Waals surface area (Å²) in [6, 6.07) is 10.6. The number of benzene rings is 1. The molecule has 4 heteroatoms. The second kappa shape index (κ2) is 5.26. The third-order valence-corrected chi connectivity index (χ3v) is 3.51. The van der Waals surface area contributed by atoms with Crippen molar-refractivity contribution in [3.8, 4) is 0 Å². The molecule has 0 amide bonds. The fraction of sp³-hybridized carbons (Fsp3) is 0.333. The molecular formula is C15H18N4. The highest BCUT2D eigenvalue weighted by Gasteiger charge is 2.18. The fourth-order valence-corrected chi connectivity index (χ4v) is 2.37. The molecule has 0 bridgehead atoms. The molecule has 1 aliphatic rings. The first kappa shape index (κ1) is 12.0. The van der Waals surface area contributed by atoms with Crippen molar-refractivity contribution in [3.63, 3.8) is 0 Å². The van der Waals surface area contributed by atoms with Gasteiger partial charge in [-0.3, -0.25) is 0 Å². The molecule has 1 saturated heterocycles. The van der Waals surface area contributed by atoms with Gasteiger partial charge in [0, 0.05) is 44.3 Å². The Morgan fingerprint density at radius 1 is 0.842 bits per heavy atom. The SMILES string of the molecule is Cc1ccc(N2CCN(c3ncccn3)CC2)cc1. The summed E-state index contributed by atoms with van der Waals surface area (Å²) >= 11 is 0. The molecule has 1 aliphatic heterocycles. The second-order valence-electron chi connectivity index (χ2n) is 4.86. The van der Waals surface area contributed by atoms with Crippen LogP contribution in [0, 0.1) is 6.92 Å². The highest BCUT2D eigenvalue weighted by molar-refractivity contribution is 5.49. The first-order valence-corrected chi connectivity index (χ1v) is 6.66. The second-order valence-corrected chi connectivity index (χ2v) is 4.86. The molecule has 0 unspecified atom stereocenters. The summed E-state index contributed by atoms with van der Waals surface area (Å²) in [4.78, 5) is 13.3. The lowest BCUT2D eigenvalue weighted by atomic mass is 10.2. The van der Waals surface area contributed by atoms with Crippen LogP contribution in [0.3, 0.4) is 0 Å². The minimum Gasteiger partial charge on any atom is -0.368 e. The van der Waals surface area contributed by atoms with E-state index < -0.39 is 0 Å². The minimum atomic E-state index is 0.839. The largest absolute Gasteiger partial charge is 0.368 e. The Morgan fingerprint density at radius 3 is 2.05 bits per heavy atom. The number of aromatic nitrogens is 2. The number of nitrogens with zero attached hydrogens (tertiary/aromatic N) is 4. The third-order valence-electron chi connectivity index (χ3n) is 3.51. The van der Waals surface area contributed by atoms with Gasteiger partial charge in [0.15, 0.2) is 0 Å². The molecule has 3 rings (SSSR count). The van der Waals surface area contributed by atoms with Gasteiger partial charge in [0.2, 0.25) is 5.95 Å². The molecule has 19 heavy (non-hydrogen) atoms. The summed E-state index contributed by atoms with van der Waals surface area (Å²) in [6.07, 6.45) is 3.60. The van der Waals surface area contributed by atoms with Gasteiger partial charge in [-0.05, 0) is 25.1 Å². The van der Waals surface area contributed by atoms with E-state index in [1.807, 2.05) is 6.07 Å². The van der Waals surface area contributed by atoms with Crippen LogP contribution in [0.2, 0.25) is 0 Å². The summed E-state index contributed by atoms with van der Waals surface area (Å²) in [7, 11) is 0. The maximum atomic E-state index is 4.31. The summed E-state index contributed by atoms with van der Waals surface area (Å²) < 4.78 is 0. The lowest BCUT2D eigenvalue weighted by Crippen LogP contribution is -2.47. The number of aryl methyl sites for hydroxylation is 1. The van der Waals surface area contributed by atoms with Crippen molar-refractivity contribution < 1.29 is 0 Å². The van der Waals surface area contributed by atoms with Gasteiger partial charge in [0.05, 0.1) is 0 Å². The highest BCUT2D eigenvalue weighted by Crippen LogP contribution is 2.18. The quantitative estimate of drug-likeness (QED) is 0.821. The number of rotatable bonds is 2. The lowest BCUT2D eigenvalue weighted by molar-refractivity contribution is 0.640. The smallest absolute Gasteiger partial charge is 0.225 e. The minimum absolute atomic E-state index is 0.839. The molecule has 0 atom stereocenters. The Kier molecular flexibility index (Phi) is 3.31. The van der Waals surface area contributed by atoms with Crippen LogP contribution in [0.15, 0.2) is 42.7 Å². The molecule has 4 nitrogen and oxygen atoms in total. The Bertz CT molecular complexity index is 516. The van der Waals surface area contributed by atoms with Crippen LogP contribution in [0.5, 0.6) is 0 Å². The van der Waals surface area contributed by atoms with Gasteiger partial charge in [0.1, 0.15) is 0 Å². The summed E-state index contributed by atoms with van der Waals surface area (Å²) in [5, 5.41) is 0. The van der Waals surface area contributed by atoms with Crippen molar-refractivity contribution in [1.82, 2.24) is 9.97 Å². The highest BCUT2D eigenvalue weighted by atomic mass is 15.3. The average molecular weight is 254 g/mol. The van der Waals surface area contributed by atoms with Crippen LogP contribution >= 0.6 is 0 Å². The Hall–Kier alpha value is -2.10. The monoisotopic (exact) mass is 254 g/mol. The first-order chi connectivity index (χ1) is 9.33. The van der Waals surface area contributed by atoms with E-state index in [1.165, 1.54) is 11.3 Å². The zero-order chi connectivity index (χ0) is 13.1. The molecule has 0 N–H and O–H groups in total. The van der Waals surface area contributed by atoms with Gasteiger partial charge in [-0.15, -0.1) is 0 Å². The topological polar surface area (TPSA) is 32.3 Å². The fourth-order valence-electron chi connectivity index (χ4n) is 2.37. The van der Waals surface area contributed by atoms with E-state index >= 15 is 0 Å². The van der Waals surface area contributed by atoms with E-state index in [1.54, 1.807) is 12.4 Å². The number of anilines is 2. The zero-order valence-electron chi connectivity index (χ0n) is 11.2. The summed E-state index contributed by atoms with van der Waals surface area (Å²) in [5.41, 5.74) is 2.61. The average Bonchev–Trinajstić information content (AvgIpc) is 2.49. The lowest BCUT2D eigenvalue weighted by Gasteiger charge is -2.36. The van der Waals surface area contributed by atoms with Crippen molar-refractivity contribution >= 4 is 11.6 Å². The standard InChI is InChI=1S/C15H18N4/c1-13-3-5-14(6-4-13)18-9-11-19(12-10-18)15-16-7-2-8-17-15/h2-8H,9-12H2,1H3. The van der Waals surface area contributed by atoms with Gasteiger partial charge in [-0.25, -0.2) is 9.97 Å². The third kappa shape index (κ3) is 2.67. The first-order valence-electron chi connectivity index (χ1n) is 6.66. The van der Waals surface area contributed by atoms with E-state index in [4.69, 9.17) is 0 Å². The van der Waals surface area contributed by atoms with Gasteiger partial charge in [-0.2, -0.15) is 0 Å². The number of hydrogen-bond acceptors (Lipinski definition) is 4. The van der Waals surface area contributed by atoms with E-state index in [9.17, 15) is 0 Å². The molecular weight excluding hydrogens is 236 g/mol. The molecule has 0 radical (unpaired) electrons. The predicted octanol–water partition coefficient (Wildman–Crippen LogP) is 2.11. The van der Waals surface area contributed by atoms with Crippen LogP contribution in [-0.4, -0.2) is 36.1 Å². The van der Waals surface area contributed by atoms with E-state index in [0.717, 1.165) is 32.1 Å². The molecule has 2 heterocycles. The van der Waals surface area contributed by atoms with Crippen LogP contribution in [0.1, 0.15) is 5.56 Å². The maximum absolute atomic E-state index is 4.31. The predicted molar refractivity (Wildman–Crippen MR) is 77.6 cm³/mol. The van der Waals surface area contributed by atoms with E-state index in [2.05, 4.69) is 51.0 Å². The van der Waals surface area contributed by atoms with Gasteiger partial charge in [0.25, 0.3) is 0 Å². The summed E-state index contributed by atoms with van der Waals surface area (Å²) in [5.74, 6) is 0.839. The molecule has 1 aromatic carbocycles. The Morgan fingerprint density at radius 2 is 1.42 bits per heavy atom. The Balaban J connectivity index is 1.65. The van der Waals surface area contributed by atoms with Crippen LogP contribution in [-0.2, 0) is 0 Å². The number of piperazine rings is 1. The van der Waals surface area contributed by atoms with Crippen LogP contribution < -0.4 is 9.80 Å². The van der Waals surface area contributed by atoms with Crippen molar-refractivity contribution in [2.45, 2.75) is 6.92 Å². The van der Waals surface area contributed by atoms with E-state index in [-0.39, 0.29) is 0 Å². The van der Waals surface area contributed by atoms with Crippen molar-refractivity contribution in [1.29, 1.82) is 0 Å².